The molecule has 2 N–H and O–H groups in total. The van der Waals surface area contributed by atoms with Crippen LogP contribution in [0.2, 0.25) is 0 Å². The van der Waals surface area contributed by atoms with Crippen molar-refractivity contribution in [2.45, 2.75) is 32.7 Å². The van der Waals surface area contributed by atoms with E-state index >= 15 is 0 Å². The molecule has 0 radical (unpaired) electrons. The fourth-order valence-electron chi connectivity index (χ4n) is 4.61. The van der Waals surface area contributed by atoms with Crippen molar-refractivity contribution in [1.29, 1.82) is 0 Å². The van der Waals surface area contributed by atoms with Gasteiger partial charge in [0.05, 0.1) is 0 Å². The van der Waals surface area contributed by atoms with Crippen LogP contribution < -0.4 is 10.6 Å². The molecule has 1 saturated heterocycles. The lowest BCUT2D eigenvalue weighted by atomic mass is 9.93. The lowest BCUT2D eigenvalue weighted by Gasteiger charge is -2.36. The Morgan fingerprint density at radius 1 is 0.788 bits per heavy atom. The number of anilines is 2. The lowest BCUT2D eigenvalue weighted by molar-refractivity contribution is -0.123. The number of hydrogen-bond acceptors (Lipinski definition) is 3. The average molecular weight is 442 g/mol. The summed E-state index contributed by atoms with van der Waals surface area (Å²) in [6.07, 6.45) is 1.44. The Bertz CT molecular complexity index is 1070. The number of hydrogen-bond donors (Lipinski definition) is 2. The van der Waals surface area contributed by atoms with Crippen LogP contribution in [0, 0.1) is 19.8 Å². The van der Waals surface area contributed by atoms with Crippen LogP contribution in [0.1, 0.15) is 35.6 Å². The third-order valence-electron chi connectivity index (χ3n) is 6.16. The van der Waals surface area contributed by atoms with Gasteiger partial charge in [0.2, 0.25) is 11.8 Å². The zero-order valence-electron chi connectivity index (χ0n) is 19.3. The molecule has 0 aromatic heterocycles. The molecule has 3 aromatic carbocycles. The smallest absolute Gasteiger partial charge is 0.246 e. The number of nitrogens with zero attached hydrogens (tertiary/aromatic N) is 1. The molecule has 0 saturated carbocycles. The first kappa shape index (κ1) is 22.7. The molecule has 2 amide bonds. The molecule has 1 heterocycles. The first-order valence-electron chi connectivity index (χ1n) is 11.5. The summed E-state index contributed by atoms with van der Waals surface area (Å²) in [4.78, 5) is 28.4. The SMILES string of the molecule is Cc1cc(C)cc(NC(=O)[C@H](c2ccccc2)N2CCC(C(=O)Nc3ccccc3)CC2)c1. The molecule has 170 valence electrons. The normalized spacial score (nSPS) is 15.6. The summed E-state index contributed by atoms with van der Waals surface area (Å²) in [5.74, 6) is -0.0458. The number of rotatable bonds is 6. The van der Waals surface area contributed by atoms with Crippen molar-refractivity contribution in [2.75, 3.05) is 23.7 Å². The van der Waals surface area contributed by atoms with Crippen LogP contribution in [0.5, 0.6) is 0 Å². The van der Waals surface area contributed by atoms with Gasteiger partial charge in [-0.05, 0) is 80.7 Å². The Morgan fingerprint density at radius 2 is 1.36 bits per heavy atom. The van der Waals surface area contributed by atoms with Crippen molar-refractivity contribution < 1.29 is 9.59 Å². The topological polar surface area (TPSA) is 61.4 Å². The standard InChI is InChI=1S/C28H31N3O2/c1-20-17-21(2)19-25(18-20)30-28(33)26(22-9-5-3-6-10-22)31-15-13-23(14-16-31)27(32)29-24-11-7-4-8-12-24/h3-12,17-19,23,26H,13-16H2,1-2H3,(H,29,32)(H,30,33)/t26-/m0/s1. The molecule has 0 spiro atoms. The van der Waals surface area contributed by atoms with E-state index in [4.69, 9.17) is 0 Å². The summed E-state index contributed by atoms with van der Waals surface area (Å²) in [7, 11) is 0. The van der Waals surface area contributed by atoms with E-state index in [1.165, 1.54) is 0 Å². The second-order valence-electron chi connectivity index (χ2n) is 8.84. The largest absolute Gasteiger partial charge is 0.326 e. The fraction of sp³-hybridized carbons (Fsp3) is 0.286. The highest BCUT2D eigenvalue weighted by atomic mass is 16.2. The quantitative estimate of drug-likeness (QED) is 0.543. The maximum atomic E-state index is 13.5. The molecule has 0 unspecified atom stereocenters. The maximum Gasteiger partial charge on any atom is 0.246 e. The highest BCUT2D eigenvalue weighted by Gasteiger charge is 2.33. The molecule has 5 heteroatoms. The van der Waals surface area contributed by atoms with Crippen molar-refractivity contribution in [1.82, 2.24) is 4.90 Å². The molecule has 1 fully saturated rings. The Morgan fingerprint density at radius 3 is 1.97 bits per heavy atom. The van der Waals surface area contributed by atoms with E-state index in [9.17, 15) is 9.59 Å². The third-order valence-corrected chi connectivity index (χ3v) is 6.16. The number of para-hydroxylation sites is 1. The van der Waals surface area contributed by atoms with Gasteiger partial charge in [0.25, 0.3) is 0 Å². The van der Waals surface area contributed by atoms with Gasteiger partial charge in [-0.2, -0.15) is 0 Å². The zero-order valence-corrected chi connectivity index (χ0v) is 19.3. The molecular formula is C28H31N3O2. The van der Waals surface area contributed by atoms with Crippen LogP contribution in [0.25, 0.3) is 0 Å². The second kappa shape index (κ2) is 10.5. The fourth-order valence-corrected chi connectivity index (χ4v) is 4.61. The molecule has 3 aromatic rings. The summed E-state index contributed by atoms with van der Waals surface area (Å²) >= 11 is 0. The molecule has 1 aliphatic heterocycles. The van der Waals surface area contributed by atoms with Crippen LogP contribution >= 0.6 is 0 Å². The molecule has 5 nitrogen and oxygen atoms in total. The lowest BCUT2D eigenvalue weighted by Crippen LogP contribution is -2.44. The maximum absolute atomic E-state index is 13.5. The first-order chi connectivity index (χ1) is 16.0. The van der Waals surface area contributed by atoms with E-state index in [2.05, 4.69) is 21.6 Å². The number of carbonyl (C=O) groups excluding carboxylic acids is 2. The predicted molar refractivity (Wildman–Crippen MR) is 133 cm³/mol. The monoisotopic (exact) mass is 441 g/mol. The van der Waals surface area contributed by atoms with Crippen molar-refractivity contribution in [2.24, 2.45) is 5.92 Å². The molecule has 4 rings (SSSR count). The van der Waals surface area contributed by atoms with E-state index in [1.807, 2.05) is 86.6 Å². The number of nitrogens with one attached hydrogen (secondary N) is 2. The predicted octanol–water partition coefficient (Wildman–Crippen LogP) is 5.33. The van der Waals surface area contributed by atoms with Crippen LogP contribution in [-0.4, -0.2) is 29.8 Å². The average Bonchev–Trinajstić information content (AvgIpc) is 2.80. The van der Waals surface area contributed by atoms with Gasteiger partial charge < -0.3 is 10.6 Å². The summed E-state index contributed by atoms with van der Waals surface area (Å²) < 4.78 is 0. The van der Waals surface area contributed by atoms with Gasteiger partial charge >= 0.3 is 0 Å². The van der Waals surface area contributed by atoms with Crippen LogP contribution in [0.4, 0.5) is 11.4 Å². The minimum atomic E-state index is -0.398. The first-order valence-corrected chi connectivity index (χ1v) is 11.5. The van der Waals surface area contributed by atoms with Crippen LogP contribution in [0.3, 0.4) is 0 Å². The van der Waals surface area contributed by atoms with E-state index < -0.39 is 6.04 Å². The van der Waals surface area contributed by atoms with Gasteiger partial charge in [0.15, 0.2) is 0 Å². The molecule has 1 aliphatic rings. The van der Waals surface area contributed by atoms with E-state index in [0.29, 0.717) is 13.1 Å². The van der Waals surface area contributed by atoms with E-state index in [1.54, 1.807) is 0 Å². The minimum absolute atomic E-state index is 0.0432. The number of aryl methyl sites for hydroxylation is 2. The Kier molecular flexibility index (Phi) is 7.20. The zero-order chi connectivity index (χ0) is 23.2. The summed E-state index contributed by atoms with van der Waals surface area (Å²) in [5, 5.41) is 6.14. The Hall–Kier alpha value is -3.44. The van der Waals surface area contributed by atoms with Gasteiger partial charge in [-0.15, -0.1) is 0 Å². The van der Waals surface area contributed by atoms with Crippen molar-refractivity contribution in [3.05, 3.63) is 95.6 Å². The Labute approximate surface area is 195 Å². The van der Waals surface area contributed by atoms with Crippen LogP contribution in [0.15, 0.2) is 78.9 Å². The second-order valence-corrected chi connectivity index (χ2v) is 8.84. The van der Waals surface area contributed by atoms with E-state index in [-0.39, 0.29) is 17.7 Å². The van der Waals surface area contributed by atoms with Crippen molar-refractivity contribution in [3.63, 3.8) is 0 Å². The van der Waals surface area contributed by atoms with Crippen molar-refractivity contribution >= 4 is 23.2 Å². The molecule has 0 bridgehead atoms. The summed E-state index contributed by atoms with van der Waals surface area (Å²) in [6, 6.07) is 25.1. The Balaban J connectivity index is 1.46. The molecule has 0 aliphatic carbocycles. The molecule has 33 heavy (non-hydrogen) atoms. The van der Waals surface area contributed by atoms with Gasteiger partial charge in [0, 0.05) is 17.3 Å². The number of amides is 2. The summed E-state index contributed by atoms with van der Waals surface area (Å²) in [6.45, 7) is 5.44. The number of likely N-dealkylation sites (tertiary alicyclic amines) is 1. The molecular weight excluding hydrogens is 410 g/mol. The molecule has 1 atom stereocenters. The summed E-state index contributed by atoms with van der Waals surface area (Å²) in [5.41, 5.74) is 4.83. The third kappa shape index (κ3) is 5.88. The number of carbonyl (C=O) groups is 2. The van der Waals surface area contributed by atoms with E-state index in [0.717, 1.165) is 40.9 Å². The number of piperidine rings is 1. The number of benzene rings is 3. The van der Waals surface area contributed by atoms with Gasteiger partial charge in [-0.1, -0.05) is 54.6 Å². The van der Waals surface area contributed by atoms with Crippen LogP contribution in [-0.2, 0) is 9.59 Å². The van der Waals surface area contributed by atoms with Gasteiger partial charge in [-0.3, -0.25) is 14.5 Å². The van der Waals surface area contributed by atoms with Crippen molar-refractivity contribution in [3.8, 4) is 0 Å². The highest BCUT2D eigenvalue weighted by Crippen LogP contribution is 2.29. The minimum Gasteiger partial charge on any atom is -0.326 e. The highest BCUT2D eigenvalue weighted by molar-refractivity contribution is 5.96. The van der Waals surface area contributed by atoms with Gasteiger partial charge in [0.1, 0.15) is 6.04 Å². The van der Waals surface area contributed by atoms with Gasteiger partial charge in [-0.25, -0.2) is 0 Å².